The van der Waals surface area contributed by atoms with Crippen LogP contribution in [-0.4, -0.2) is 49.4 Å². The van der Waals surface area contributed by atoms with Gasteiger partial charge in [-0.05, 0) is 24.1 Å². The van der Waals surface area contributed by atoms with Gasteiger partial charge in [-0.1, -0.05) is 37.3 Å². The van der Waals surface area contributed by atoms with Crippen molar-refractivity contribution in [2.45, 2.75) is 13.3 Å². The van der Waals surface area contributed by atoms with Crippen LogP contribution in [0.5, 0.6) is 0 Å². The molecule has 1 aromatic rings. The van der Waals surface area contributed by atoms with Gasteiger partial charge in [0.15, 0.2) is 0 Å². The molecule has 0 saturated heterocycles. The fourth-order valence-corrected chi connectivity index (χ4v) is 2.51. The molecule has 3 heteroatoms. The Balaban J connectivity index is 2.41. The molecule has 0 aromatic heterocycles. The monoisotopic (exact) mass is 258 g/mol. The maximum atomic E-state index is 12.4. The van der Waals surface area contributed by atoms with E-state index in [9.17, 15) is 4.79 Å². The standard InChI is InChI=1S/C16H22N2O/c1-4-18-11-10-14(13-8-6-5-7-9-13)15(12-18)16(19)17(2)3/h5-9H,4,10-12H2,1-3H3. The predicted molar refractivity (Wildman–Crippen MR) is 78.8 cm³/mol. The van der Waals surface area contributed by atoms with Gasteiger partial charge in [-0.3, -0.25) is 9.69 Å². The first-order chi connectivity index (χ1) is 9.13. The molecule has 0 aliphatic carbocycles. The van der Waals surface area contributed by atoms with E-state index in [1.807, 2.05) is 32.3 Å². The Bertz CT molecular complexity index is 477. The SMILES string of the molecule is CCN1CCC(c2ccccc2)=C(C(=O)N(C)C)C1. The van der Waals surface area contributed by atoms with E-state index in [2.05, 4.69) is 24.0 Å². The molecule has 1 aliphatic rings. The molecular weight excluding hydrogens is 236 g/mol. The van der Waals surface area contributed by atoms with Crippen molar-refractivity contribution in [1.82, 2.24) is 9.80 Å². The van der Waals surface area contributed by atoms with Crippen LogP contribution in [0, 0.1) is 0 Å². The van der Waals surface area contributed by atoms with Crippen LogP contribution in [0.3, 0.4) is 0 Å². The third-order valence-electron chi connectivity index (χ3n) is 3.66. The van der Waals surface area contributed by atoms with Crippen LogP contribution in [0.25, 0.3) is 5.57 Å². The second-order valence-electron chi connectivity index (χ2n) is 5.14. The van der Waals surface area contributed by atoms with Gasteiger partial charge in [-0.25, -0.2) is 0 Å². The van der Waals surface area contributed by atoms with Crippen molar-refractivity contribution in [3.05, 3.63) is 41.5 Å². The van der Waals surface area contributed by atoms with Crippen LogP contribution in [0.1, 0.15) is 18.9 Å². The van der Waals surface area contributed by atoms with E-state index < -0.39 is 0 Å². The number of rotatable bonds is 3. The van der Waals surface area contributed by atoms with Gasteiger partial charge in [0.05, 0.1) is 0 Å². The first-order valence-electron chi connectivity index (χ1n) is 6.85. The van der Waals surface area contributed by atoms with E-state index in [4.69, 9.17) is 0 Å². The van der Waals surface area contributed by atoms with E-state index in [0.29, 0.717) is 0 Å². The molecular formula is C16H22N2O. The topological polar surface area (TPSA) is 23.6 Å². The summed E-state index contributed by atoms with van der Waals surface area (Å²) in [6.07, 6.45) is 0.951. The van der Waals surface area contributed by atoms with Crippen LogP contribution in [0.2, 0.25) is 0 Å². The summed E-state index contributed by atoms with van der Waals surface area (Å²) >= 11 is 0. The first-order valence-corrected chi connectivity index (χ1v) is 6.85. The third-order valence-corrected chi connectivity index (χ3v) is 3.66. The summed E-state index contributed by atoms with van der Waals surface area (Å²) in [5, 5.41) is 0. The highest BCUT2D eigenvalue weighted by Gasteiger charge is 2.24. The summed E-state index contributed by atoms with van der Waals surface area (Å²) in [5.74, 6) is 0.136. The number of amides is 1. The van der Waals surface area contributed by atoms with Crippen molar-refractivity contribution >= 4 is 11.5 Å². The molecule has 0 fully saturated rings. The van der Waals surface area contributed by atoms with Gasteiger partial charge in [-0.15, -0.1) is 0 Å². The van der Waals surface area contributed by atoms with Crippen molar-refractivity contribution in [2.75, 3.05) is 33.7 Å². The summed E-state index contributed by atoms with van der Waals surface area (Å²) < 4.78 is 0. The van der Waals surface area contributed by atoms with E-state index in [1.165, 1.54) is 11.1 Å². The van der Waals surface area contributed by atoms with Gasteiger partial charge in [0.25, 0.3) is 5.91 Å². The molecule has 1 heterocycles. The maximum Gasteiger partial charge on any atom is 0.250 e. The molecule has 1 amide bonds. The number of nitrogens with zero attached hydrogens (tertiary/aromatic N) is 2. The summed E-state index contributed by atoms with van der Waals surface area (Å²) in [6, 6.07) is 10.3. The molecule has 0 N–H and O–H groups in total. The lowest BCUT2D eigenvalue weighted by molar-refractivity contribution is -0.125. The summed E-state index contributed by atoms with van der Waals surface area (Å²) in [6.45, 7) is 4.93. The lowest BCUT2D eigenvalue weighted by atomic mass is 9.92. The van der Waals surface area contributed by atoms with Crippen LogP contribution in [0.15, 0.2) is 35.9 Å². The van der Waals surface area contributed by atoms with Crippen molar-refractivity contribution in [2.24, 2.45) is 0 Å². The molecule has 0 atom stereocenters. The maximum absolute atomic E-state index is 12.4. The average Bonchev–Trinajstić information content (AvgIpc) is 2.46. The molecule has 19 heavy (non-hydrogen) atoms. The van der Waals surface area contributed by atoms with E-state index in [0.717, 1.165) is 31.6 Å². The van der Waals surface area contributed by atoms with Gasteiger partial charge in [0, 0.05) is 32.8 Å². The molecule has 0 bridgehead atoms. The van der Waals surface area contributed by atoms with Crippen LogP contribution in [-0.2, 0) is 4.79 Å². The molecule has 1 aromatic carbocycles. The minimum atomic E-state index is 0.136. The smallest absolute Gasteiger partial charge is 0.250 e. The molecule has 0 spiro atoms. The highest BCUT2D eigenvalue weighted by atomic mass is 16.2. The molecule has 102 valence electrons. The number of carbonyl (C=O) groups is 1. The molecule has 0 unspecified atom stereocenters. The van der Waals surface area contributed by atoms with Crippen molar-refractivity contribution in [3.63, 3.8) is 0 Å². The van der Waals surface area contributed by atoms with E-state index in [1.54, 1.807) is 4.90 Å². The summed E-state index contributed by atoms with van der Waals surface area (Å²) in [5.41, 5.74) is 3.34. The highest BCUT2D eigenvalue weighted by Crippen LogP contribution is 2.28. The normalized spacial score (nSPS) is 16.6. The van der Waals surface area contributed by atoms with Crippen LogP contribution in [0.4, 0.5) is 0 Å². The number of likely N-dealkylation sites (N-methyl/N-ethyl adjacent to an activating group) is 2. The Morgan fingerprint density at radius 1 is 1.26 bits per heavy atom. The Morgan fingerprint density at radius 3 is 2.53 bits per heavy atom. The van der Waals surface area contributed by atoms with Gasteiger partial charge in [0.1, 0.15) is 0 Å². The minimum absolute atomic E-state index is 0.136. The quantitative estimate of drug-likeness (QED) is 0.830. The van der Waals surface area contributed by atoms with Gasteiger partial charge >= 0.3 is 0 Å². The number of benzene rings is 1. The Morgan fingerprint density at radius 2 is 1.95 bits per heavy atom. The van der Waals surface area contributed by atoms with Gasteiger partial charge in [0.2, 0.25) is 0 Å². The predicted octanol–water partition coefficient (Wildman–Crippen LogP) is 2.25. The number of hydrogen-bond acceptors (Lipinski definition) is 2. The molecule has 0 saturated carbocycles. The first kappa shape index (κ1) is 13.8. The molecule has 3 nitrogen and oxygen atoms in total. The summed E-state index contributed by atoms with van der Waals surface area (Å²) in [7, 11) is 3.64. The fraction of sp³-hybridized carbons (Fsp3) is 0.438. The lowest BCUT2D eigenvalue weighted by Gasteiger charge is -2.30. The van der Waals surface area contributed by atoms with Crippen molar-refractivity contribution < 1.29 is 4.79 Å². The Labute approximate surface area is 115 Å². The third kappa shape index (κ3) is 3.04. The second-order valence-corrected chi connectivity index (χ2v) is 5.14. The molecule has 2 rings (SSSR count). The lowest BCUT2D eigenvalue weighted by Crippen LogP contribution is -2.37. The zero-order chi connectivity index (χ0) is 13.8. The Hall–Kier alpha value is -1.61. The molecule has 1 aliphatic heterocycles. The van der Waals surface area contributed by atoms with Crippen molar-refractivity contribution in [1.29, 1.82) is 0 Å². The van der Waals surface area contributed by atoms with Gasteiger partial charge < -0.3 is 4.90 Å². The van der Waals surface area contributed by atoms with Crippen LogP contribution >= 0.6 is 0 Å². The van der Waals surface area contributed by atoms with Crippen LogP contribution < -0.4 is 0 Å². The minimum Gasteiger partial charge on any atom is -0.345 e. The molecule has 0 radical (unpaired) electrons. The second kappa shape index (κ2) is 6.02. The zero-order valence-corrected chi connectivity index (χ0v) is 12.0. The van der Waals surface area contributed by atoms with Gasteiger partial charge in [-0.2, -0.15) is 0 Å². The van der Waals surface area contributed by atoms with Crippen molar-refractivity contribution in [3.8, 4) is 0 Å². The largest absolute Gasteiger partial charge is 0.345 e. The van der Waals surface area contributed by atoms with E-state index >= 15 is 0 Å². The number of carbonyl (C=O) groups excluding carboxylic acids is 1. The fourth-order valence-electron chi connectivity index (χ4n) is 2.51. The highest BCUT2D eigenvalue weighted by molar-refractivity contribution is 6.01. The summed E-state index contributed by atoms with van der Waals surface area (Å²) in [4.78, 5) is 16.4. The van der Waals surface area contributed by atoms with E-state index in [-0.39, 0.29) is 5.91 Å². The number of hydrogen-bond donors (Lipinski definition) is 0. The Kier molecular flexibility index (Phi) is 4.38. The average molecular weight is 258 g/mol. The zero-order valence-electron chi connectivity index (χ0n) is 12.0.